The van der Waals surface area contributed by atoms with E-state index in [0.29, 0.717) is 27.7 Å². The first-order valence-electron chi connectivity index (χ1n) is 10.3. The molecule has 6 N–H and O–H groups in total. The number of thiazole rings is 1. The predicted molar refractivity (Wildman–Crippen MR) is 133 cm³/mol. The molecule has 192 valence electrons. The fourth-order valence-corrected chi connectivity index (χ4v) is 6.60. The molecule has 2 aliphatic heterocycles. The second kappa shape index (κ2) is 9.82. The van der Waals surface area contributed by atoms with Crippen LogP contribution >= 0.6 is 34.9 Å². The highest BCUT2D eigenvalue weighted by atomic mass is 32.2. The monoisotopic (exact) mass is 563 g/mol. The number of oxime groups is 1. The average molecular weight is 564 g/mol. The van der Waals surface area contributed by atoms with Crippen molar-refractivity contribution < 1.29 is 24.3 Å². The number of aromatic nitrogens is 6. The van der Waals surface area contributed by atoms with Gasteiger partial charge in [-0.25, -0.2) is 9.78 Å². The number of tetrazole rings is 1. The van der Waals surface area contributed by atoms with E-state index >= 15 is 0 Å². The summed E-state index contributed by atoms with van der Waals surface area (Å²) < 4.78 is 1.18. The first kappa shape index (κ1) is 24.7. The van der Waals surface area contributed by atoms with E-state index in [4.69, 9.17) is 16.3 Å². The van der Waals surface area contributed by atoms with Crippen LogP contribution in [0.25, 0.3) is 5.65 Å². The number of hydrogen-bond donors (Lipinski definition) is 4. The van der Waals surface area contributed by atoms with Crippen LogP contribution in [0.4, 0.5) is 10.8 Å². The molecule has 16 nitrogen and oxygen atoms in total. The number of nitrogens with one attached hydrogen (secondary N) is 1. The number of nitrogens with zero attached hydrogens (tertiary/aromatic N) is 8. The van der Waals surface area contributed by atoms with Crippen LogP contribution in [0, 0.1) is 0 Å². The smallest absolute Gasteiger partial charge is 0.352 e. The summed E-state index contributed by atoms with van der Waals surface area (Å²) in [7, 11) is 1.27. The molecule has 2 aliphatic rings. The summed E-state index contributed by atoms with van der Waals surface area (Å²) in [6, 6.07) is 0.633. The summed E-state index contributed by atoms with van der Waals surface area (Å²) >= 11 is 3.68. The molecule has 0 radical (unpaired) electrons. The van der Waals surface area contributed by atoms with Crippen LogP contribution in [0.1, 0.15) is 5.69 Å². The van der Waals surface area contributed by atoms with Gasteiger partial charge in [0.25, 0.3) is 11.8 Å². The van der Waals surface area contributed by atoms with Crippen LogP contribution in [0.3, 0.4) is 0 Å². The standard InChI is InChI=1S/C18H17N11O5S3/c1-34-25-10(8-5-37-18(20)21-8)14(30)22-11-15(31)28-12(17(32)33)6(4-36-16(11)28)3-35-9-2-7(19)13-23-26-27-29(13)24-9/h2,5,11,16H,3-4,19H2,1H3,(H2,20,21)(H,22,30)(H,32,33)/t11?,16-/m1/s1. The highest BCUT2D eigenvalue weighted by Crippen LogP contribution is 2.41. The van der Waals surface area contributed by atoms with Crippen LogP contribution < -0.4 is 16.8 Å². The molecule has 0 aliphatic carbocycles. The number of nitrogen functional groups attached to an aromatic ring is 2. The van der Waals surface area contributed by atoms with E-state index in [1.807, 2.05) is 0 Å². The van der Waals surface area contributed by atoms with E-state index in [1.54, 1.807) is 6.07 Å². The van der Waals surface area contributed by atoms with Crippen molar-refractivity contribution in [3.63, 3.8) is 0 Å². The van der Waals surface area contributed by atoms with Crippen molar-refractivity contribution in [2.75, 3.05) is 30.1 Å². The molecule has 0 bridgehead atoms. The number of β-lactam (4-membered cyclic amide) rings is 1. The van der Waals surface area contributed by atoms with Gasteiger partial charge in [0.05, 0.1) is 5.69 Å². The predicted octanol–water partition coefficient (Wildman–Crippen LogP) is -0.978. The number of carboxylic acid groups (broad SMARTS) is 1. The largest absolute Gasteiger partial charge is 0.477 e. The van der Waals surface area contributed by atoms with Gasteiger partial charge in [-0.05, 0) is 22.1 Å². The maximum Gasteiger partial charge on any atom is 0.352 e. The lowest BCUT2D eigenvalue weighted by Gasteiger charge is -2.49. The third-order valence-corrected chi connectivity index (χ3v) is 8.28. The summed E-state index contributed by atoms with van der Waals surface area (Å²) in [4.78, 5) is 47.9. The maximum absolute atomic E-state index is 13.0. The Balaban J connectivity index is 1.32. The van der Waals surface area contributed by atoms with Crippen molar-refractivity contribution in [1.82, 2.24) is 40.5 Å². The molecule has 0 spiro atoms. The lowest BCUT2D eigenvalue weighted by Crippen LogP contribution is -2.71. The van der Waals surface area contributed by atoms with Crippen LogP contribution in [-0.2, 0) is 19.2 Å². The molecule has 3 aromatic heterocycles. The highest BCUT2D eigenvalue weighted by Gasteiger charge is 2.54. The number of carboxylic acids is 1. The van der Waals surface area contributed by atoms with Gasteiger partial charge < -0.3 is 26.7 Å². The lowest BCUT2D eigenvalue weighted by atomic mass is 10.0. The highest BCUT2D eigenvalue weighted by molar-refractivity contribution is 8.01. The van der Waals surface area contributed by atoms with Crippen molar-refractivity contribution in [2.45, 2.75) is 16.4 Å². The number of anilines is 2. The zero-order valence-corrected chi connectivity index (χ0v) is 21.2. The summed E-state index contributed by atoms with van der Waals surface area (Å²) in [5.74, 6) is -1.95. The van der Waals surface area contributed by atoms with Gasteiger partial charge in [0, 0.05) is 16.9 Å². The maximum atomic E-state index is 13.0. The van der Waals surface area contributed by atoms with Gasteiger partial charge in [-0.1, -0.05) is 16.9 Å². The Morgan fingerprint density at radius 1 is 1.41 bits per heavy atom. The Morgan fingerprint density at radius 3 is 2.92 bits per heavy atom. The molecule has 37 heavy (non-hydrogen) atoms. The second-order valence-electron chi connectivity index (χ2n) is 7.53. The minimum absolute atomic E-state index is 0.124. The number of carbonyl (C=O) groups is 3. The molecule has 0 aromatic carbocycles. The van der Waals surface area contributed by atoms with Gasteiger partial charge >= 0.3 is 5.97 Å². The van der Waals surface area contributed by atoms with Gasteiger partial charge in [-0.15, -0.1) is 37.9 Å². The number of carbonyl (C=O) groups excluding carboxylic acids is 2. The molecule has 1 unspecified atom stereocenters. The third kappa shape index (κ3) is 4.51. The van der Waals surface area contributed by atoms with Crippen LogP contribution in [-0.4, -0.2) is 93.8 Å². The van der Waals surface area contributed by atoms with Gasteiger partial charge in [-0.3, -0.25) is 14.5 Å². The normalized spacial score (nSPS) is 19.5. The number of amides is 2. The van der Waals surface area contributed by atoms with E-state index < -0.39 is 29.2 Å². The number of thioether (sulfide) groups is 2. The van der Waals surface area contributed by atoms with Crippen molar-refractivity contribution >= 4 is 74.8 Å². The zero-order valence-electron chi connectivity index (χ0n) is 18.8. The first-order chi connectivity index (χ1) is 17.8. The molecular weight excluding hydrogens is 546 g/mol. The summed E-state index contributed by atoms with van der Waals surface area (Å²) in [6.07, 6.45) is 0. The molecule has 1 fully saturated rings. The molecule has 1 saturated heterocycles. The topological polar surface area (TPSA) is 229 Å². The van der Waals surface area contributed by atoms with Gasteiger partial charge in [-0.2, -0.15) is 0 Å². The van der Waals surface area contributed by atoms with Gasteiger partial charge in [0.1, 0.15) is 34.9 Å². The molecule has 19 heteroatoms. The molecule has 3 aromatic rings. The molecular formula is C18H17N11O5S3. The van der Waals surface area contributed by atoms with Gasteiger partial charge in [0.2, 0.25) is 5.65 Å². The van der Waals surface area contributed by atoms with Crippen LogP contribution in [0.2, 0.25) is 0 Å². The quantitative estimate of drug-likeness (QED) is 0.112. The molecule has 0 saturated carbocycles. The molecule has 2 atom stereocenters. The lowest BCUT2D eigenvalue weighted by molar-refractivity contribution is -0.150. The molecule has 2 amide bonds. The van der Waals surface area contributed by atoms with Crippen molar-refractivity contribution in [2.24, 2.45) is 5.16 Å². The number of aliphatic carboxylic acids is 1. The summed E-state index contributed by atoms with van der Waals surface area (Å²) in [5, 5.41) is 33.1. The first-order valence-corrected chi connectivity index (χ1v) is 13.2. The second-order valence-corrected chi connectivity index (χ2v) is 10.5. The zero-order chi connectivity index (χ0) is 26.3. The number of hydrogen-bond acceptors (Lipinski definition) is 15. The number of rotatable bonds is 8. The van der Waals surface area contributed by atoms with E-state index in [2.05, 4.69) is 36.1 Å². The Labute approximate surface area is 219 Å². The number of nitrogens with two attached hydrogens (primary N) is 2. The average Bonchev–Trinajstić information content (AvgIpc) is 3.52. The molecule has 5 heterocycles. The molecule has 5 rings (SSSR count). The van der Waals surface area contributed by atoms with E-state index in [1.165, 1.54) is 45.5 Å². The SMILES string of the molecule is CON=C(C(=O)NC1C(=O)N2C(C(=O)O)=C(CSc3cc(N)c4nnnn4n3)CS[C@H]12)c1csc(N)n1. The minimum atomic E-state index is -1.25. The van der Waals surface area contributed by atoms with Crippen molar-refractivity contribution in [3.05, 3.63) is 28.4 Å². The summed E-state index contributed by atoms with van der Waals surface area (Å²) in [6.45, 7) is 0. The fraction of sp³-hybridized carbons (Fsp3) is 0.278. The minimum Gasteiger partial charge on any atom is -0.477 e. The van der Waals surface area contributed by atoms with Crippen LogP contribution in [0.5, 0.6) is 0 Å². The Hall–Kier alpha value is -3.97. The Kier molecular flexibility index (Phi) is 6.56. The number of fused-ring (bicyclic) bond motifs is 2. The van der Waals surface area contributed by atoms with Crippen molar-refractivity contribution in [1.29, 1.82) is 0 Å². The fourth-order valence-electron chi connectivity index (χ4n) is 3.67. The Bertz CT molecular complexity index is 1480. The van der Waals surface area contributed by atoms with E-state index in [0.717, 1.165) is 11.3 Å². The van der Waals surface area contributed by atoms with Crippen molar-refractivity contribution in [3.8, 4) is 0 Å². The Morgan fingerprint density at radius 2 is 2.22 bits per heavy atom. The third-order valence-electron chi connectivity index (χ3n) is 5.28. The van der Waals surface area contributed by atoms with Crippen LogP contribution in [0.15, 0.2) is 32.9 Å². The van der Waals surface area contributed by atoms with E-state index in [9.17, 15) is 19.5 Å². The van der Waals surface area contributed by atoms with Gasteiger partial charge in [0.15, 0.2) is 10.8 Å². The van der Waals surface area contributed by atoms with E-state index in [-0.39, 0.29) is 28.0 Å². The summed E-state index contributed by atoms with van der Waals surface area (Å²) in [5.41, 5.74) is 12.7.